The number of hydrogen-bond donors (Lipinski definition) is 0. The number of para-hydroxylation sites is 1. The van der Waals surface area contributed by atoms with E-state index in [0.717, 1.165) is 51.2 Å². The van der Waals surface area contributed by atoms with Crippen molar-refractivity contribution in [3.63, 3.8) is 0 Å². The molecule has 0 aliphatic carbocycles. The van der Waals surface area contributed by atoms with Gasteiger partial charge >= 0.3 is 5.97 Å². The Morgan fingerprint density at radius 2 is 2.07 bits per heavy atom. The second-order valence-corrected chi connectivity index (χ2v) is 7.41. The van der Waals surface area contributed by atoms with Gasteiger partial charge in [0.2, 0.25) is 0 Å². The molecule has 1 aromatic carbocycles. The predicted molar refractivity (Wildman–Crippen MR) is 108 cm³/mol. The molecule has 0 bridgehead atoms. The molecule has 1 fully saturated rings. The minimum atomic E-state index is -0.477. The molecule has 0 radical (unpaired) electrons. The van der Waals surface area contributed by atoms with Gasteiger partial charge in [-0.25, -0.2) is 0 Å². The number of likely N-dealkylation sites (tertiary alicyclic amines) is 1. The number of carbonyl (C=O) groups is 1. The lowest BCUT2D eigenvalue weighted by atomic mass is 9.77. The van der Waals surface area contributed by atoms with E-state index in [4.69, 9.17) is 9.47 Å². The van der Waals surface area contributed by atoms with Crippen molar-refractivity contribution in [3.8, 4) is 5.75 Å². The Labute approximate surface area is 167 Å². The molecule has 1 atom stereocenters. The van der Waals surface area contributed by atoms with Crippen LogP contribution in [0.4, 0.5) is 0 Å². The highest BCUT2D eigenvalue weighted by Gasteiger charge is 2.43. The topological polar surface area (TPSA) is 56.6 Å². The van der Waals surface area contributed by atoms with E-state index in [1.54, 1.807) is 6.20 Å². The molecule has 2 aromatic rings. The zero-order valence-corrected chi connectivity index (χ0v) is 16.8. The maximum atomic E-state index is 12.8. The molecule has 0 amide bonds. The third kappa shape index (κ3) is 5.58. The van der Waals surface area contributed by atoms with E-state index in [0.29, 0.717) is 19.6 Å². The summed E-state index contributed by atoms with van der Waals surface area (Å²) >= 11 is 0. The van der Waals surface area contributed by atoms with Gasteiger partial charge in [0.15, 0.2) is 0 Å². The van der Waals surface area contributed by atoms with Crippen molar-refractivity contribution < 1.29 is 14.3 Å². The molecule has 1 unspecified atom stereocenters. The summed E-state index contributed by atoms with van der Waals surface area (Å²) in [5.41, 5.74) is -0.477. The Hall–Kier alpha value is -2.34. The fraction of sp³-hybridized carbons (Fsp3) is 0.545. The lowest BCUT2D eigenvalue weighted by molar-refractivity contribution is -0.160. The van der Waals surface area contributed by atoms with Gasteiger partial charge in [-0.05, 0) is 63.9 Å². The quantitative estimate of drug-likeness (QED) is 0.587. The number of rotatable bonds is 10. The number of esters is 1. The Bertz CT molecular complexity index is 705. The van der Waals surface area contributed by atoms with Crippen molar-refractivity contribution in [3.05, 3.63) is 48.8 Å². The number of benzene rings is 1. The number of aromatic nitrogens is 2. The number of ether oxygens (including phenoxy) is 2. The first kappa shape index (κ1) is 20.4. The van der Waals surface area contributed by atoms with E-state index in [-0.39, 0.29) is 5.97 Å². The first-order chi connectivity index (χ1) is 13.7. The summed E-state index contributed by atoms with van der Waals surface area (Å²) in [5, 5.41) is 4.26. The van der Waals surface area contributed by atoms with Crippen LogP contribution in [0.1, 0.15) is 32.6 Å². The van der Waals surface area contributed by atoms with E-state index >= 15 is 0 Å². The van der Waals surface area contributed by atoms with E-state index in [1.807, 2.05) is 54.2 Å². The maximum absolute atomic E-state index is 12.8. The number of hydrogen-bond acceptors (Lipinski definition) is 5. The second-order valence-electron chi connectivity index (χ2n) is 7.41. The minimum absolute atomic E-state index is 0.0802. The van der Waals surface area contributed by atoms with E-state index in [9.17, 15) is 4.79 Å². The smallest absolute Gasteiger partial charge is 0.313 e. The van der Waals surface area contributed by atoms with Crippen LogP contribution in [0.5, 0.6) is 5.75 Å². The average molecular weight is 386 g/mol. The van der Waals surface area contributed by atoms with Gasteiger partial charge in [-0.3, -0.25) is 9.48 Å². The largest absolute Gasteiger partial charge is 0.494 e. The van der Waals surface area contributed by atoms with Crippen LogP contribution in [0, 0.1) is 5.41 Å². The van der Waals surface area contributed by atoms with Crippen molar-refractivity contribution in [2.75, 3.05) is 32.8 Å². The van der Waals surface area contributed by atoms with Gasteiger partial charge in [0.1, 0.15) is 5.75 Å². The minimum Gasteiger partial charge on any atom is -0.494 e. The van der Waals surface area contributed by atoms with Crippen molar-refractivity contribution in [1.29, 1.82) is 0 Å². The zero-order chi connectivity index (χ0) is 19.7. The lowest BCUT2D eigenvalue weighted by Gasteiger charge is -2.41. The molecular weight excluding hydrogens is 354 g/mol. The molecule has 152 valence electrons. The molecule has 0 spiro atoms. The van der Waals surface area contributed by atoms with Crippen LogP contribution < -0.4 is 4.74 Å². The molecule has 1 aliphatic heterocycles. The monoisotopic (exact) mass is 385 g/mol. The van der Waals surface area contributed by atoms with Gasteiger partial charge in [-0.15, -0.1) is 0 Å². The Morgan fingerprint density at radius 1 is 1.21 bits per heavy atom. The van der Waals surface area contributed by atoms with Crippen molar-refractivity contribution in [2.45, 2.75) is 39.2 Å². The summed E-state index contributed by atoms with van der Waals surface area (Å²) in [5.74, 6) is 0.761. The molecule has 6 nitrogen and oxygen atoms in total. The van der Waals surface area contributed by atoms with Crippen molar-refractivity contribution in [1.82, 2.24) is 14.7 Å². The number of nitrogens with zero attached hydrogens (tertiary/aromatic N) is 3. The summed E-state index contributed by atoms with van der Waals surface area (Å²) in [6, 6.07) is 11.7. The van der Waals surface area contributed by atoms with Gasteiger partial charge in [0.05, 0.1) is 18.6 Å². The summed E-state index contributed by atoms with van der Waals surface area (Å²) < 4.78 is 13.3. The van der Waals surface area contributed by atoms with Crippen molar-refractivity contribution >= 4 is 5.97 Å². The Morgan fingerprint density at radius 3 is 2.82 bits per heavy atom. The first-order valence-electron chi connectivity index (χ1n) is 10.3. The highest BCUT2D eigenvalue weighted by molar-refractivity contribution is 5.77. The molecule has 6 heteroatoms. The molecule has 1 aliphatic rings. The molecule has 3 rings (SSSR count). The Kier molecular flexibility index (Phi) is 7.48. The molecule has 28 heavy (non-hydrogen) atoms. The standard InChI is InChI=1S/C22H31N3O3/c1-2-27-21(26)22(12-18-28-20-9-4-3-5-10-20)11-6-14-24(19-22)15-8-17-25-16-7-13-23-25/h3-5,7,9-10,13,16H,2,6,8,11-12,14-15,17-19H2,1H3. The molecule has 2 heterocycles. The third-order valence-electron chi connectivity index (χ3n) is 5.38. The van der Waals surface area contributed by atoms with E-state index < -0.39 is 5.41 Å². The number of piperidine rings is 1. The maximum Gasteiger partial charge on any atom is 0.313 e. The van der Waals surface area contributed by atoms with Gasteiger partial charge in [0.25, 0.3) is 0 Å². The highest BCUT2D eigenvalue weighted by Crippen LogP contribution is 2.35. The highest BCUT2D eigenvalue weighted by atomic mass is 16.5. The zero-order valence-electron chi connectivity index (χ0n) is 16.8. The molecular formula is C22H31N3O3. The van der Waals surface area contributed by atoms with Crippen LogP contribution in [0.15, 0.2) is 48.8 Å². The van der Waals surface area contributed by atoms with Crippen LogP contribution >= 0.6 is 0 Å². The molecule has 1 saturated heterocycles. The van der Waals surface area contributed by atoms with Crippen LogP contribution in [-0.2, 0) is 16.1 Å². The summed E-state index contributed by atoms with van der Waals surface area (Å²) in [4.78, 5) is 15.2. The van der Waals surface area contributed by atoms with Crippen LogP contribution in [-0.4, -0.2) is 53.5 Å². The first-order valence-corrected chi connectivity index (χ1v) is 10.3. The van der Waals surface area contributed by atoms with E-state index in [2.05, 4.69) is 10.00 Å². The van der Waals surface area contributed by atoms with Crippen LogP contribution in [0.3, 0.4) is 0 Å². The summed E-state index contributed by atoms with van der Waals surface area (Å²) in [6.45, 7) is 6.43. The fourth-order valence-electron chi connectivity index (χ4n) is 3.94. The van der Waals surface area contributed by atoms with Crippen molar-refractivity contribution in [2.24, 2.45) is 5.41 Å². The normalized spacial score (nSPS) is 20.0. The Balaban J connectivity index is 1.56. The number of aryl methyl sites for hydroxylation is 1. The van der Waals surface area contributed by atoms with Gasteiger partial charge in [0, 0.05) is 25.5 Å². The molecule has 1 aromatic heterocycles. The number of carbonyl (C=O) groups excluding carboxylic acids is 1. The lowest BCUT2D eigenvalue weighted by Crippen LogP contribution is -2.49. The third-order valence-corrected chi connectivity index (χ3v) is 5.38. The fourth-order valence-corrected chi connectivity index (χ4v) is 3.94. The van der Waals surface area contributed by atoms with Crippen LogP contribution in [0.25, 0.3) is 0 Å². The van der Waals surface area contributed by atoms with Gasteiger partial charge < -0.3 is 14.4 Å². The predicted octanol–water partition coefficient (Wildman–Crippen LogP) is 3.39. The van der Waals surface area contributed by atoms with Crippen LogP contribution in [0.2, 0.25) is 0 Å². The van der Waals surface area contributed by atoms with E-state index in [1.165, 1.54) is 0 Å². The average Bonchev–Trinajstić information content (AvgIpc) is 3.23. The van der Waals surface area contributed by atoms with Gasteiger partial charge in [-0.2, -0.15) is 5.10 Å². The summed E-state index contributed by atoms with van der Waals surface area (Å²) in [7, 11) is 0. The molecule has 0 N–H and O–H groups in total. The molecule has 0 saturated carbocycles. The second kappa shape index (κ2) is 10.3. The summed E-state index contributed by atoms with van der Waals surface area (Å²) in [6.07, 6.45) is 7.35. The van der Waals surface area contributed by atoms with Gasteiger partial charge in [-0.1, -0.05) is 18.2 Å². The SMILES string of the molecule is CCOC(=O)C1(CCOc2ccccc2)CCCN(CCCn2cccn2)C1.